The van der Waals surface area contributed by atoms with Crippen molar-refractivity contribution in [2.75, 3.05) is 17.6 Å². The van der Waals surface area contributed by atoms with Crippen molar-refractivity contribution >= 4 is 34.4 Å². The van der Waals surface area contributed by atoms with Gasteiger partial charge in [-0.05, 0) is 30.7 Å². The van der Waals surface area contributed by atoms with Gasteiger partial charge < -0.3 is 11.1 Å². The van der Waals surface area contributed by atoms with Crippen LogP contribution in [0.2, 0.25) is 4.34 Å². The molecule has 0 aliphatic carbocycles. The number of halogens is 1. The van der Waals surface area contributed by atoms with Gasteiger partial charge in [0.1, 0.15) is 5.82 Å². The molecular weight excluding hydrogens is 242 g/mol. The van der Waals surface area contributed by atoms with Crippen LogP contribution >= 0.6 is 22.9 Å². The Labute approximate surface area is 103 Å². The van der Waals surface area contributed by atoms with Gasteiger partial charge in [-0.15, -0.1) is 11.3 Å². The molecule has 0 aliphatic heterocycles. The molecule has 0 radical (unpaired) electrons. The molecule has 0 atom stereocenters. The predicted octanol–water partition coefficient (Wildman–Crippen LogP) is 3.03. The molecule has 0 saturated carbocycles. The molecule has 84 valence electrons. The number of hydrogen-bond acceptors (Lipinski definition) is 4. The second kappa shape index (κ2) is 5.18. The van der Waals surface area contributed by atoms with Gasteiger partial charge in [-0.25, -0.2) is 4.98 Å². The second-order valence-electron chi connectivity index (χ2n) is 3.32. The summed E-state index contributed by atoms with van der Waals surface area (Å²) in [5.41, 5.74) is 6.43. The lowest BCUT2D eigenvalue weighted by molar-refractivity contribution is 1.03. The summed E-state index contributed by atoms with van der Waals surface area (Å²) in [6, 6.07) is 7.60. The molecular formula is C11H12ClN3S. The normalized spacial score (nSPS) is 10.3. The maximum absolute atomic E-state index is 5.85. The van der Waals surface area contributed by atoms with Gasteiger partial charge in [0.2, 0.25) is 0 Å². The van der Waals surface area contributed by atoms with E-state index in [0.29, 0.717) is 5.69 Å². The Morgan fingerprint density at radius 3 is 2.94 bits per heavy atom. The van der Waals surface area contributed by atoms with Crippen LogP contribution in [0.3, 0.4) is 0 Å². The molecule has 0 bridgehead atoms. The Morgan fingerprint density at radius 2 is 2.25 bits per heavy atom. The number of thiophene rings is 1. The van der Waals surface area contributed by atoms with E-state index in [1.807, 2.05) is 24.3 Å². The van der Waals surface area contributed by atoms with Crippen molar-refractivity contribution in [2.24, 2.45) is 0 Å². The maximum atomic E-state index is 5.85. The van der Waals surface area contributed by atoms with Crippen molar-refractivity contribution in [2.45, 2.75) is 6.42 Å². The number of anilines is 2. The lowest BCUT2D eigenvalue weighted by atomic mass is 10.3. The summed E-state index contributed by atoms with van der Waals surface area (Å²) in [6.45, 7) is 0.804. The van der Waals surface area contributed by atoms with Crippen LogP contribution in [-0.4, -0.2) is 11.5 Å². The molecule has 5 heteroatoms. The zero-order valence-corrected chi connectivity index (χ0v) is 10.2. The summed E-state index contributed by atoms with van der Waals surface area (Å²) in [4.78, 5) is 5.41. The van der Waals surface area contributed by atoms with E-state index in [9.17, 15) is 0 Å². The van der Waals surface area contributed by atoms with Crippen LogP contribution in [0.25, 0.3) is 0 Å². The van der Waals surface area contributed by atoms with E-state index in [1.165, 1.54) is 4.88 Å². The number of pyridine rings is 1. The first-order valence-corrected chi connectivity index (χ1v) is 6.14. The fourth-order valence-electron chi connectivity index (χ4n) is 1.36. The van der Waals surface area contributed by atoms with Crippen molar-refractivity contribution < 1.29 is 0 Å². The summed E-state index contributed by atoms with van der Waals surface area (Å²) in [6.07, 6.45) is 2.65. The van der Waals surface area contributed by atoms with Crippen LogP contribution in [0.1, 0.15) is 4.88 Å². The molecule has 0 spiro atoms. The van der Waals surface area contributed by atoms with E-state index in [-0.39, 0.29) is 0 Å². The monoisotopic (exact) mass is 253 g/mol. The number of hydrogen-bond donors (Lipinski definition) is 2. The lowest BCUT2D eigenvalue weighted by Crippen LogP contribution is -2.07. The molecule has 3 N–H and O–H groups in total. The van der Waals surface area contributed by atoms with Crippen LogP contribution in [0.5, 0.6) is 0 Å². The summed E-state index contributed by atoms with van der Waals surface area (Å²) in [7, 11) is 0. The largest absolute Gasteiger partial charge is 0.396 e. The van der Waals surface area contributed by atoms with E-state index in [0.717, 1.165) is 23.1 Å². The van der Waals surface area contributed by atoms with Gasteiger partial charge in [0.05, 0.1) is 10.0 Å². The third kappa shape index (κ3) is 2.87. The molecule has 2 heterocycles. The maximum Gasteiger partial charge on any atom is 0.149 e. The van der Waals surface area contributed by atoms with Crippen molar-refractivity contribution in [1.82, 2.24) is 4.98 Å². The second-order valence-corrected chi connectivity index (χ2v) is 5.12. The molecule has 16 heavy (non-hydrogen) atoms. The van der Waals surface area contributed by atoms with Crippen LogP contribution in [0.4, 0.5) is 11.5 Å². The zero-order chi connectivity index (χ0) is 11.4. The Morgan fingerprint density at radius 1 is 1.38 bits per heavy atom. The third-order valence-corrected chi connectivity index (χ3v) is 3.42. The Bertz CT molecular complexity index is 470. The minimum Gasteiger partial charge on any atom is -0.396 e. The topological polar surface area (TPSA) is 50.9 Å². The summed E-state index contributed by atoms with van der Waals surface area (Å²) in [5, 5.41) is 3.20. The van der Waals surface area contributed by atoms with Gasteiger partial charge in [-0.3, -0.25) is 0 Å². The van der Waals surface area contributed by atoms with Gasteiger partial charge in [-0.1, -0.05) is 11.6 Å². The quantitative estimate of drug-likeness (QED) is 0.881. The molecule has 2 aromatic heterocycles. The van der Waals surface area contributed by atoms with Gasteiger partial charge in [-0.2, -0.15) is 0 Å². The van der Waals surface area contributed by atoms with Gasteiger partial charge in [0.25, 0.3) is 0 Å². The fourth-order valence-corrected chi connectivity index (χ4v) is 2.44. The molecule has 0 saturated heterocycles. The highest BCUT2D eigenvalue weighted by atomic mass is 35.5. The van der Waals surface area contributed by atoms with Gasteiger partial charge in [0.15, 0.2) is 0 Å². The zero-order valence-electron chi connectivity index (χ0n) is 8.61. The Hall–Kier alpha value is -1.26. The van der Waals surface area contributed by atoms with E-state index >= 15 is 0 Å². The van der Waals surface area contributed by atoms with Crippen LogP contribution in [-0.2, 0) is 6.42 Å². The number of nitrogens with one attached hydrogen (secondary N) is 1. The minimum atomic E-state index is 0.673. The van der Waals surface area contributed by atoms with Crippen molar-refractivity contribution in [3.63, 3.8) is 0 Å². The fraction of sp³-hybridized carbons (Fsp3) is 0.182. The molecule has 3 nitrogen and oxygen atoms in total. The molecule has 0 fully saturated rings. The SMILES string of the molecule is Nc1cccnc1NCCc1ccc(Cl)s1. The van der Waals surface area contributed by atoms with E-state index in [4.69, 9.17) is 17.3 Å². The number of nitrogens with zero attached hydrogens (tertiary/aromatic N) is 1. The standard InChI is InChI=1S/C11H12ClN3S/c12-10-4-3-8(16-10)5-7-15-11-9(13)2-1-6-14-11/h1-4,6H,5,7,13H2,(H,14,15). The average Bonchev–Trinajstić information content (AvgIpc) is 2.67. The summed E-state index contributed by atoms with van der Waals surface area (Å²) < 4.78 is 0.826. The molecule has 0 aromatic carbocycles. The first-order valence-electron chi connectivity index (χ1n) is 4.94. The smallest absolute Gasteiger partial charge is 0.149 e. The number of nitrogens with two attached hydrogens (primary N) is 1. The number of rotatable bonds is 4. The van der Waals surface area contributed by atoms with E-state index < -0.39 is 0 Å². The van der Waals surface area contributed by atoms with Crippen LogP contribution in [0.15, 0.2) is 30.5 Å². The van der Waals surface area contributed by atoms with Crippen molar-refractivity contribution in [3.05, 3.63) is 39.7 Å². The Balaban J connectivity index is 1.87. The van der Waals surface area contributed by atoms with E-state index in [2.05, 4.69) is 10.3 Å². The van der Waals surface area contributed by atoms with E-state index in [1.54, 1.807) is 17.5 Å². The molecule has 2 rings (SSSR count). The Kier molecular flexibility index (Phi) is 3.64. The molecule has 0 unspecified atom stereocenters. The summed E-state index contributed by atoms with van der Waals surface area (Å²) in [5.74, 6) is 0.741. The molecule has 2 aromatic rings. The average molecular weight is 254 g/mol. The highest BCUT2D eigenvalue weighted by Gasteiger charge is 2.00. The lowest BCUT2D eigenvalue weighted by Gasteiger charge is -2.06. The summed E-state index contributed by atoms with van der Waals surface area (Å²) >= 11 is 7.45. The van der Waals surface area contributed by atoms with Crippen LogP contribution in [0, 0.1) is 0 Å². The molecule has 0 amide bonds. The van der Waals surface area contributed by atoms with Crippen molar-refractivity contribution in [3.8, 4) is 0 Å². The number of aromatic nitrogens is 1. The highest BCUT2D eigenvalue weighted by molar-refractivity contribution is 7.16. The minimum absolute atomic E-state index is 0.673. The highest BCUT2D eigenvalue weighted by Crippen LogP contribution is 2.22. The third-order valence-electron chi connectivity index (χ3n) is 2.13. The predicted molar refractivity (Wildman–Crippen MR) is 70.2 cm³/mol. The van der Waals surface area contributed by atoms with Crippen molar-refractivity contribution in [1.29, 1.82) is 0 Å². The first kappa shape index (κ1) is 11.2. The van der Waals surface area contributed by atoms with Gasteiger partial charge >= 0.3 is 0 Å². The first-order chi connectivity index (χ1) is 7.75. The molecule has 0 aliphatic rings. The number of nitrogen functional groups attached to an aromatic ring is 1. The van der Waals surface area contributed by atoms with Crippen LogP contribution < -0.4 is 11.1 Å². The van der Waals surface area contributed by atoms with Gasteiger partial charge in [0, 0.05) is 17.6 Å².